The summed E-state index contributed by atoms with van der Waals surface area (Å²) in [6, 6.07) is 12.6. The summed E-state index contributed by atoms with van der Waals surface area (Å²) in [6.45, 7) is 1.64. The van der Waals surface area contributed by atoms with E-state index >= 15 is 0 Å². The van der Waals surface area contributed by atoms with Gasteiger partial charge in [-0.05, 0) is 61.7 Å². The quantitative estimate of drug-likeness (QED) is 0.477. The van der Waals surface area contributed by atoms with Crippen LogP contribution in [0, 0.1) is 0 Å². The third-order valence-corrected chi connectivity index (χ3v) is 5.96. The number of benzene rings is 2. The Morgan fingerprint density at radius 2 is 1.79 bits per heavy atom. The van der Waals surface area contributed by atoms with Crippen LogP contribution >= 0.6 is 0 Å². The number of aromatic carboxylic acids is 1. The van der Waals surface area contributed by atoms with Crippen LogP contribution in [0.15, 0.2) is 59.2 Å². The SMILES string of the molecule is CS(=O)(=O)Oc1ccc(N2CCCCC2)cc1C(=O)Nc1cc(-c2ccco2)ccc1C(=O)O. The summed E-state index contributed by atoms with van der Waals surface area (Å²) in [4.78, 5) is 27.2. The van der Waals surface area contributed by atoms with Gasteiger partial charge >= 0.3 is 16.1 Å². The van der Waals surface area contributed by atoms with Crippen LogP contribution in [0.25, 0.3) is 11.3 Å². The molecule has 0 spiro atoms. The van der Waals surface area contributed by atoms with E-state index < -0.39 is 22.0 Å². The van der Waals surface area contributed by atoms with Crippen molar-refractivity contribution >= 4 is 33.4 Å². The van der Waals surface area contributed by atoms with E-state index in [0.29, 0.717) is 11.3 Å². The van der Waals surface area contributed by atoms with E-state index in [0.717, 1.165) is 44.3 Å². The summed E-state index contributed by atoms with van der Waals surface area (Å²) in [5.41, 5.74) is 1.23. The molecule has 0 atom stereocenters. The fraction of sp³-hybridized carbons (Fsp3) is 0.250. The Hall–Kier alpha value is -3.79. The number of nitrogens with zero attached hydrogens (tertiary/aromatic N) is 1. The van der Waals surface area contributed by atoms with Gasteiger partial charge in [-0.25, -0.2) is 4.79 Å². The molecule has 1 aliphatic rings. The van der Waals surface area contributed by atoms with E-state index in [9.17, 15) is 23.1 Å². The molecule has 2 heterocycles. The van der Waals surface area contributed by atoms with Crippen molar-refractivity contribution in [1.29, 1.82) is 0 Å². The normalized spacial score (nSPS) is 14.0. The Morgan fingerprint density at radius 3 is 2.44 bits per heavy atom. The number of hydrogen-bond acceptors (Lipinski definition) is 7. The van der Waals surface area contributed by atoms with Gasteiger partial charge in [0.1, 0.15) is 5.76 Å². The lowest BCUT2D eigenvalue weighted by Crippen LogP contribution is -2.29. The maximum Gasteiger partial charge on any atom is 0.337 e. The average molecular weight is 485 g/mol. The topological polar surface area (TPSA) is 126 Å². The molecule has 1 fully saturated rings. The maximum absolute atomic E-state index is 13.3. The van der Waals surface area contributed by atoms with Crippen molar-refractivity contribution in [1.82, 2.24) is 0 Å². The Morgan fingerprint density at radius 1 is 1.03 bits per heavy atom. The van der Waals surface area contributed by atoms with Gasteiger partial charge in [-0.3, -0.25) is 4.79 Å². The molecule has 2 aromatic carbocycles. The zero-order chi connectivity index (χ0) is 24.3. The number of hydrogen-bond donors (Lipinski definition) is 2. The van der Waals surface area contributed by atoms with Gasteiger partial charge in [0.2, 0.25) is 0 Å². The van der Waals surface area contributed by atoms with Gasteiger partial charge in [-0.2, -0.15) is 8.42 Å². The number of piperidine rings is 1. The summed E-state index contributed by atoms with van der Waals surface area (Å²) in [6.07, 6.45) is 5.54. The van der Waals surface area contributed by atoms with Crippen LogP contribution < -0.4 is 14.4 Å². The van der Waals surface area contributed by atoms with Gasteiger partial charge in [-0.1, -0.05) is 6.07 Å². The van der Waals surface area contributed by atoms with Crippen LogP contribution in [-0.2, 0) is 10.1 Å². The summed E-state index contributed by atoms with van der Waals surface area (Å²) >= 11 is 0. The third kappa shape index (κ3) is 5.40. The standard InChI is InChI=1S/C24H24N2O7S/c1-34(30,31)33-22-10-8-17(26-11-3-2-4-12-26)15-19(22)23(27)25-20-14-16(21-6-5-13-32-21)7-9-18(20)24(28)29/h5-10,13-15H,2-4,11-12H2,1H3,(H,25,27)(H,28,29). The molecule has 0 saturated carbocycles. The molecule has 178 valence electrons. The van der Waals surface area contributed by atoms with Gasteiger partial charge in [0.25, 0.3) is 5.91 Å². The molecule has 0 radical (unpaired) electrons. The highest BCUT2D eigenvalue weighted by Gasteiger charge is 2.22. The minimum absolute atomic E-state index is 0.0201. The lowest BCUT2D eigenvalue weighted by atomic mass is 10.1. The van der Waals surface area contributed by atoms with E-state index in [1.54, 1.807) is 30.3 Å². The molecular formula is C24H24N2O7S. The number of anilines is 2. The molecule has 0 unspecified atom stereocenters. The molecule has 0 aliphatic carbocycles. The minimum atomic E-state index is -3.90. The molecule has 1 saturated heterocycles. The second kappa shape index (κ2) is 9.60. The second-order valence-electron chi connectivity index (χ2n) is 8.01. The number of carboxylic acids is 1. The van der Waals surface area contributed by atoms with Gasteiger partial charge < -0.3 is 23.9 Å². The first-order valence-electron chi connectivity index (χ1n) is 10.7. The Balaban J connectivity index is 1.72. The van der Waals surface area contributed by atoms with Crippen molar-refractivity contribution in [3.8, 4) is 17.1 Å². The van der Waals surface area contributed by atoms with Gasteiger partial charge in [0.15, 0.2) is 5.75 Å². The van der Waals surface area contributed by atoms with E-state index in [1.165, 1.54) is 24.5 Å². The molecule has 0 bridgehead atoms. The van der Waals surface area contributed by atoms with Crippen molar-refractivity contribution in [2.45, 2.75) is 19.3 Å². The smallest absolute Gasteiger partial charge is 0.337 e. The van der Waals surface area contributed by atoms with Crippen LogP contribution in [0.4, 0.5) is 11.4 Å². The average Bonchev–Trinajstić information content (AvgIpc) is 3.34. The first kappa shape index (κ1) is 23.4. The number of amides is 1. The number of carboxylic acid groups (broad SMARTS) is 1. The molecule has 2 N–H and O–H groups in total. The Bertz CT molecular complexity index is 1310. The minimum Gasteiger partial charge on any atom is -0.478 e. The highest BCUT2D eigenvalue weighted by Crippen LogP contribution is 2.31. The predicted molar refractivity (Wildman–Crippen MR) is 127 cm³/mol. The monoisotopic (exact) mass is 484 g/mol. The Labute approximate surface area is 197 Å². The largest absolute Gasteiger partial charge is 0.478 e. The van der Waals surface area contributed by atoms with Gasteiger partial charge in [0, 0.05) is 24.3 Å². The van der Waals surface area contributed by atoms with Crippen molar-refractivity contribution in [2.75, 3.05) is 29.6 Å². The number of nitrogens with one attached hydrogen (secondary N) is 1. The number of furan rings is 1. The third-order valence-electron chi connectivity index (χ3n) is 5.47. The fourth-order valence-corrected chi connectivity index (χ4v) is 4.37. The summed E-state index contributed by atoms with van der Waals surface area (Å²) in [5.74, 6) is -1.56. The van der Waals surface area contributed by atoms with Crippen LogP contribution in [0.2, 0.25) is 0 Å². The van der Waals surface area contributed by atoms with Gasteiger partial charge in [0.05, 0.1) is 29.3 Å². The van der Waals surface area contributed by atoms with Crippen LogP contribution in [-0.4, -0.2) is 44.7 Å². The Kier molecular flexibility index (Phi) is 6.60. The zero-order valence-corrected chi connectivity index (χ0v) is 19.3. The van der Waals surface area contributed by atoms with E-state index in [4.69, 9.17) is 8.60 Å². The number of carbonyl (C=O) groups excluding carboxylic acids is 1. The zero-order valence-electron chi connectivity index (χ0n) is 18.5. The van der Waals surface area contributed by atoms with Crippen LogP contribution in [0.5, 0.6) is 5.75 Å². The second-order valence-corrected chi connectivity index (χ2v) is 9.59. The molecule has 34 heavy (non-hydrogen) atoms. The molecule has 4 rings (SSSR count). The molecular weight excluding hydrogens is 460 g/mol. The highest BCUT2D eigenvalue weighted by molar-refractivity contribution is 7.86. The lowest BCUT2D eigenvalue weighted by molar-refractivity contribution is 0.0698. The highest BCUT2D eigenvalue weighted by atomic mass is 32.2. The predicted octanol–water partition coefficient (Wildman–Crippen LogP) is 4.23. The summed E-state index contributed by atoms with van der Waals surface area (Å²) in [5, 5.41) is 12.2. The van der Waals surface area contributed by atoms with Crippen molar-refractivity contribution in [3.63, 3.8) is 0 Å². The number of rotatable bonds is 7. The van der Waals surface area contributed by atoms with Gasteiger partial charge in [-0.15, -0.1) is 0 Å². The van der Waals surface area contributed by atoms with E-state index in [2.05, 4.69) is 10.2 Å². The molecule has 1 aliphatic heterocycles. The molecule has 1 aromatic heterocycles. The maximum atomic E-state index is 13.3. The lowest BCUT2D eigenvalue weighted by Gasteiger charge is -2.29. The molecule has 9 nitrogen and oxygen atoms in total. The van der Waals surface area contributed by atoms with E-state index in [1.807, 2.05) is 0 Å². The first-order chi connectivity index (χ1) is 16.2. The first-order valence-corrected chi connectivity index (χ1v) is 12.5. The van der Waals surface area contributed by atoms with Crippen LogP contribution in [0.1, 0.15) is 40.0 Å². The van der Waals surface area contributed by atoms with Crippen molar-refractivity contribution < 1.29 is 31.7 Å². The fourth-order valence-electron chi connectivity index (χ4n) is 3.90. The molecule has 3 aromatic rings. The molecule has 1 amide bonds. The van der Waals surface area contributed by atoms with Crippen molar-refractivity contribution in [3.05, 3.63) is 65.9 Å². The summed E-state index contributed by atoms with van der Waals surface area (Å²) in [7, 11) is -3.90. The number of carbonyl (C=O) groups is 2. The van der Waals surface area contributed by atoms with Crippen molar-refractivity contribution in [2.24, 2.45) is 0 Å². The van der Waals surface area contributed by atoms with E-state index in [-0.39, 0.29) is 22.6 Å². The van der Waals surface area contributed by atoms with Crippen LogP contribution in [0.3, 0.4) is 0 Å². The molecule has 10 heteroatoms. The summed E-state index contributed by atoms with van der Waals surface area (Å²) < 4.78 is 34.0.